The molecule has 2 aromatic rings. The van der Waals surface area contributed by atoms with Crippen molar-refractivity contribution in [1.29, 1.82) is 0 Å². The van der Waals surface area contributed by atoms with Crippen LogP contribution >= 0.6 is 11.8 Å². The molecule has 0 aliphatic rings. The lowest BCUT2D eigenvalue weighted by Crippen LogP contribution is -2.15. The third-order valence-electron chi connectivity index (χ3n) is 4.22. The van der Waals surface area contributed by atoms with Gasteiger partial charge in [-0.15, -0.1) is 11.8 Å². The van der Waals surface area contributed by atoms with Crippen molar-refractivity contribution in [3.63, 3.8) is 0 Å². The fraction of sp³-hybridized carbons (Fsp3) is 0.333. The molecule has 0 aliphatic heterocycles. The van der Waals surface area contributed by atoms with Gasteiger partial charge in [-0.25, -0.2) is 9.59 Å². The zero-order chi connectivity index (χ0) is 19.4. The number of benzene rings is 2. The van der Waals surface area contributed by atoms with Crippen LogP contribution in [0.25, 0.3) is 0 Å². The van der Waals surface area contributed by atoms with E-state index in [1.165, 1.54) is 17.8 Å². The summed E-state index contributed by atoms with van der Waals surface area (Å²) < 4.78 is 0. The van der Waals surface area contributed by atoms with Gasteiger partial charge in [0.25, 0.3) is 0 Å². The van der Waals surface area contributed by atoms with Crippen LogP contribution < -0.4 is 0 Å². The normalized spacial score (nSPS) is 11.2. The molecular weight excluding hydrogens is 348 g/mol. The van der Waals surface area contributed by atoms with Crippen LogP contribution in [0.5, 0.6) is 0 Å². The summed E-state index contributed by atoms with van der Waals surface area (Å²) in [5.74, 6) is -1.63. The van der Waals surface area contributed by atoms with E-state index in [-0.39, 0.29) is 23.0 Å². The Kier molecular flexibility index (Phi) is 6.48. The van der Waals surface area contributed by atoms with Gasteiger partial charge in [-0.2, -0.15) is 0 Å². The van der Waals surface area contributed by atoms with Gasteiger partial charge in [-0.05, 0) is 34.6 Å². The molecule has 4 nitrogen and oxygen atoms in total. The number of aromatic carboxylic acids is 2. The molecule has 0 amide bonds. The van der Waals surface area contributed by atoms with Crippen molar-refractivity contribution >= 4 is 23.7 Å². The smallest absolute Gasteiger partial charge is 0.336 e. The van der Waals surface area contributed by atoms with E-state index in [2.05, 4.69) is 0 Å². The maximum atomic E-state index is 12.0. The maximum absolute atomic E-state index is 12.0. The zero-order valence-corrected chi connectivity index (χ0v) is 16.3. The number of rotatable bonds is 7. The van der Waals surface area contributed by atoms with Crippen molar-refractivity contribution in [2.45, 2.75) is 50.2 Å². The van der Waals surface area contributed by atoms with E-state index in [1.807, 2.05) is 58.0 Å². The molecule has 0 unspecified atom stereocenters. The first-order chi connectivity index (χ1) is 12.2. The Morgan fingerprint density at radius 1 is 0.962 bits per heavy atom. The predicted octanol–water partition coefficient (Wildman–Crippen LogP) is 5.62. The molecule has 0 heterocycles. The summed E-state index contributed by atoms with van der Waals surface area (Å²) in [7, 11) is 0. The number of hydrogen-bond acceptors (Lipinski definition) is 3. The monoisotopic (exact) mass is 372 g/mol. The van der Waals surface area contributed by atoms with Crippen molar-refractivity contribution in [3.05, 3.63) is 64.2 Å². The Bertz CT molecular complexity index is 811. The highest BCUT2D eigenvalue weighted by molar-refractivity contribution is 7.98. The molecule has 2 aromatic carbocycles. The van der Waals surface area contributed by atoms with E-state index < -0.39 is 11.9 Å². The molecular formula is C21H24O4S. The summed E-state index contributed by atoms with van der Waals surface area (Å²) in [5.41, 5.74) is 2.68. The lowest BCUT2D eigenvalue weighted by Gasteiger charge is -2.22. The van der Waals surface area contributed by atoms with Crippen molar-refractivity contribution < 1.29 is 19.8 Å². The summed E-state index contributed by atoms with van der Waals surface area (Å²) in [6, 6.07) is 11.3. The van der Waals surface area contributed by atoms with Crippen molar-refractivity contribution in [1.82, 2.24) is 0 Å². The zero-order valence-electron chi connectivity index (χ0n) is 15.4. The van der Waals surface area contributed by atoms with Crippen LogP contribution in [0.3, 0.4) is 0 Å². The highest BCUT2D eigenvalue weighted by atomic mass is 32.2. The largest absolute Gasteiger partial charge is 0.478 e. The van der Waals surface area contributed by atoms with Crippen LogP contribution in [-0.2, 0) is 5.75 Å². The highest BCUT2D eigenvalue weighted by Gasteiger charge is 2.27. The van der Waals surface area contributed by atoms with E-state index in [9.17, 15) is 19.8 Å². The highest BCUT2D eigenvalue weighted by Crippen LogP contribution is 2.40. The predicted molar refractivity (Wildman–Crippen MR) is 105 cm³/mol. The molecule has 0 radical (unpaired) electrons. The Morgan fingerprint density at radius 2 is 1.58 bits per heavy atom. The average Bonchev–Trinajstić information content (AvgIpc) is 2.58. The summed E-state index contributed by atoms with van der Waals surface area (Å²) in [6.45, 7) is 7.58. The van der Waals surface area contributed by atoms with Crippen LogP contribution in [0.4, 0.5) is 0 Å². The molecule has 0 spiro atoms. The Balaban J connectivity index is 2.68. The van der Waals surface area contributed by atoms with Crippen molar-refractivity contribution in [2.75, 3.05) is 0 Å². The molecule has 0 atom stereocenters. The van der Waals surface area contributed by atoms with Gasteiger partial charge in [0, 0.05) is 10.6 Å². The molecule has 5 heteroatoms. The molecule has 138 valence electrons. The lowest BCUT2D eigenvalue weighted by atomic mass is 9.86. The van der Waals surface area contributed by atoms with Gasteiger partial charge in [-0.1, -0.05) is 58.0 Å². The van der Waals surface area contributed by atoms with E-state index in [1.54, 1.807) is 0 Å². The Morgan fingerprint density at radius 3 is 2.04 bits per heavy atom. The second-order valence-corrected chi connectivity index (χ2v) is 7.81. The standard InChI is InChI=1S/C21H24O4S/c1-12(2)15-10-16(20(22)23)19(17(13(3)4)18(15)21(24)25)26-11-14-8-6-5-7-9-14/h5-10,12-13H,11H2,1-4H3,(H,22,23)(H,24,25). The van der Waals surface area contributed by atoms with Crippen LogP contribution in [0.2, 0.25) is 0 Å². The minimum atomic E-state index is -1.03. The molecule has 0 saturated carbocycles. The minimum absolute atomic E-state index is 0.0788. The maximum Gasteiger partial charge on any atom is 0.336 e. The lowest BCUT2D eigenvalue weighted by molar-refractivity contribution is 0.0675. The Labute approximate surface area is 158 Å². The van der Waals surface area contributed by atoms with Gasteiger partial charge >= 0.3 is 11.9 Å². The van der Waals surface area contributed by atoms with Gasteiger partial charge in [-0.3, -0.25) is 0 Å². The first-order valence-electron chi connectivity index (χ1n) is 8.58. The van der Waals surface area contributed by atoms with E-state index >= 15 is 0 Å². The van der Waals surface area contributed by atoms with Crippen LogP contribution in [-0.4, -0.2) is 22.2 Å². The van der Waals surface area contributed by atoms with E-state index in [0.29, 0.717) is 21.8 Å². The third-order valence-corrected chi connectivity index (χ3v) is 5.42. The number of hydrogen-bond donors (Lipinski definition) is 2. The van der Waals surface area contributed by atoms with Gasteiger partial charge in [0.05, 0.1) is 11.1 Å². The van der Waals surface area contributed by atoms with Gasteiger partial charge in [0.2, 0.25) is 0 Å². The number of thioether (sulfide) groups is 1. The van der Waals surface area contributed by atoms with Gasteiger partial charge in [0.1, 0.15) is 0 Å². The van der Waals surface area contributed by atoms with Gasteiger partial charge < -0.3 is 10.2 Å². The quantitative estimate of drug-likeness (QED) is 0.617. The Hall–Kier alpha value is -2.27. The summed E-state index contributed by atoms with van der Waals surface area (Å²) in [6.07, 6.45) is 0. The van der Waals surface area contributed by atoms with E-state index in [4.69, 9.17) is 0 Å². The molecule has 0 bridgehead atoms. The number of carboxylic acids is 2. The molecule has 26 heavy (non-hydrogen) atoms. The fourth-order valence-corrected chi connectivity index (χ4v) is 4.29. The molecule has 2 rings (SSSR count). The molecule has 0 saturated heterocycles. The van der Waals surface area contributed by atoms with Crippen LogP contribution in [0, 0.1) is 0 Å². The van der Waals surface area contributed by atoms with Gasteiger partial charge in [0.15, 0.2) is 0 Å². The summed E-state index contributed by atoms with van der Waals surface area (Å²) in [5, 5.41) is 19.6. The topological polar surface area (TPSA) is 74.6 Å². The average molecular weight is 372 g/mol. The second-order valence-electron chi connectivity index (χ2n) is 6.83. The summed E-state index contributed by atoms with van der Waals surface area (Å²) >= 11 is 1.39. The molecule has 0 fully saturated rings. The molecule has 0 aromatic heterocycles. The fourth-order valence-electron chi connectivity index (χ4n) is 3.00. The van der Waals surface area contributed by atoms with Crippen LogP contribution in [0.15, 0.2) is 41.3 Å². The van der Waals surface area contributed by atoms with Crippen LogP contribution in [0.1, 0.15) is 76.9 Å². The molecule has 2 N–H and O–H groups in total. The first kappa shape index (κ1) is 20.0. The SMILES string of the molecule is CC(C)c1cc(C(=O)O)c(SCc2ccccc2)c(C(C)C)c1C(=O)O. The van der Waals surface area contributed by atoms with Crippen molar-refractivity contribution in [3.8, 4) is 0 Å². The molecule has 0 aliphatic carbocycles. The minimum Gasteiger partial charge on any atom is -0.478 e. The van der Waals surface area contributed by atoms with Crippen molar-refractivity contribution in [2.24, 2.45) is 0 Å². The number of carbonyl (C=O) groups is 2. The van der Waals surface area contributed by atoms with E-state index in [0.717, 1.165) is 5.56 Å². The summed E-state index contributed by atoms with van der Waals surface area (Å²) in [4.78, 5) is 24.5. The third kappa shape index (κ3) is 4.28. The first-order valence-corrected chi connectivity index (χ1v) is 9.56. The second kappa shape index (κ2) is 8.41. The number of carboxylic acid groups (broad SMARTS) is 2.